The third kappa shape index (κ3) is 3.76. The summed E-state index contributed by atoms with van der Waals surface area (Å²) in [5.41, 5.74) is 1.74. The first-order valence-corrected chi connectivity index (χ1v) is 11.0. The highest BCUT2D eigenvalue weighted by molar-refractivity contribution is 7.18. The number of hydrogen-bond acceptors (Lipinski definition) is 8. The fraction of sp³-hybridized carbons (Fsp3) is 0.381. The number of fused-ring (bicyclic) bond motifs is 3. The average molecular weight is 464 g/mol. The van der Waals surface area contributed by atoms with Gasteiger partial charge in [-0.2, -0.15) is 0 Å². The Morgan fingerprint density at radius 3 is 2.74 bits per heavy atom. The van der Waals surface area contributed by atoms with Crippen molar-refractivity contribution in [3.63, 3.8) is 0 Å². The molecule has 162 valence electrons. The minimum Gasteiger partial charge on any atom is -0.472 e. The Morgan fingerprint density at radius 2 is 2.03 bits per heavy atom. The van der Waals surface area contributed by atoms with Crippen molar-refractivity contribution in [1.29, 1.82) is 0 Å². The van der Waals surface area contributed by atoms with Crippen molar-refractivity contribution in [1.82, 2.24) is 14.4 Å². The first kappa shape index (κ1) is 20.6. The molecule has 0 N–H and O–H groups in total. The van der Waals surface area contributed by atoms with Crippen molar-refractivity contribution in [2.75, 3.05) is 33.4 Å². The summed E-state index contributed by atoms with van der Waals surface area (Å²) in [6.45, 7) is 2.55. The topological polar surface area (TPSA) is 73.8 Å². The summed E-state index contributed by atoms with van der Waals surface area (Å²) in [4.78, 5) is 20.4. The average Bonchev–Trinajstić information content (AvgIpc) is 3.18. The molecule has 5 rings (SSSR count). The highest BCUT2D eigenvalue weighted by atomic mass is 35.5. The number of benzene rings is 1. The van der Waals surface area contributed by atoms with E-state index in [1.54, 1.807) is 10.5 Å². The van der Waals surface area contributed by atoms with Gasteiger partial charge in [0.15, 0.2) is 0 Å². The van der Waals surface area contributed by atoms with E-state index in [0.29, 0.717) is 48.8 Å². The second-order valence-corrected chi connectivity index (χ2v) is 9.02. The van der Waals surface area contributed by atoms with Gasteiger partial charge in [-0.25, -0.2) is 23.6 Å². The number of thiophene rings is 1. The van der Waals surface area contributed by atoms with Crippen LogP contribution in [0.2, 0.25) is 0 Å². The van der Waals surface area contributed by atoms with Crippen LogP contribution in [0.4, 0.5) is 4.39 Å². The molecule has 0 amide bonds. The third-order valence-electron chi connectivity index (χ3n) is 5.71. The van der Waals surface area contributed by atoms with E-state index < -0.39 is 11.8 Å². The summed E-state index contributed by atoms with van der Waals surface area (Å²) in [7, 11) is 1.26. The normalized spacial score (nSPS) is 23.6. The van der Waals surface area contributed by atoms with Crippen LogP contribution in [-0.4, -0.2) is 59.9 Å². The molecule has 2 fully saturated rings. The molecule has 2 aliphatic rings. The van der Waals surface area contributed by atoms with E-state index in [2.05, 4.69) is 14.7 Å². The lowest BCUT2D eigenvalue weighted by Crippen LogP contribution is -2.55. The molecule has 2 atom stereocenters. The second kappa shape index (κ2) is 8.31. The molecule has 2 unspecified atom stereocenters. The van der Waals surface area contributed by atoms with Crippen LogP contribution < -0.4 is 4.74 Å². The van der Waals surface area contributed by atoms with Gasteiger partial charge >= 0.3 is 5.97 Å². The predicted octanol–water partition coefficient (Wildman–Crippen LogP) is 3.76. The van der Waals surface area contributed by atoms with Crippen LogP contribution in [0.15, 0.2) is 29.9 Å². The minimum atomic E-state index is -0.587. The molecule has 2 bridgehead atoms. The van der Waals surface area contributed by atoms with E-state index in [1.807, 2.05) is 5.38 Å². The lowest BCUT2D eigenvalue weighted by molar-refractivity contribution is -0.0990. The number of halogens is 2. The van der Waals surface area contributed by atoms with Crippen LogP contribution in [0.5, 0.6) is 5.88 Å². The van der Waals surface area contributed by atoms with Gasteiger partial charge in [-0.15, -0.1) is 11.3 Å². The van der Waals surface area contributed by atoms with Gasteiger partial charge in [-0.3, -0.25) is 0 Å². The zero-order chi connectivity index (χ0) is 21.5. The third-order valence-corrected chi connectivity index (χ3v) is 6.94. The molecule has 7 nitrogen and oxygen atoms in total. The van der Waals surface area contributed by atoms with Crippen molar-refractivity contribution in [3.8, 4) is 17.0 Å². The SMILES string of the molecule is COC(=O)c1ccc(-c2csc3c(OC4C5COCC4CN(Cl)C5)ncnc23)c(F)c1. The van der Waals surface area contributed by atoms with Gasteiger partial charge in [0.1, 0.15) is 22.9 Å². The number of rotatable bonds is 4. The molecule has 2 aliphatic heterocycles. The molecule has 0 aliphatic carbocycles. The smallest absolute Gasteiger partial charge is 0.337 e. The molecule has 0 radical (unpaired) electrons. The van der Waals surface area contributed by atoms with Gasteiger partial charge in [0.2, 0.25) is 5.88 Å². The van der Waals surface area contributed by atoms with Crippen LogP contribution >= 0.6 is 23.1 Å². The molecule has 0 saturated carbocycles. The Hall–Kier alpha value is -2.33. The van der Waals surface area contributed by atoms with Gasteiger partial charge in [0.05, 0.1) is 31.4 Å². The summed E-state index contributed by atoms with van der Waals surface area (Å²) in [5, 5.41) is 1.83. The summed E-state index contributed by atoms with van der Waals surface area (Å²) in [6, 6.07) is 4.27. The predicted molar refractivity (Wildman–Crippen MR) is 114 cm³/mol. The lowest BCUT2D eigenvalue weighted by atomic mass is 9.86. The summed E-state index contributed by atoms with van der Waals surface area (Å²) >= 11 is 7.64. The monoisotopic (exact) mass is 463 g/mol. The lowest BCUT2D eigenvalue weighted by Gasteiger charge is -2.44. The maximum absolute atomic E-state index is 14.8. The quantitative estimate of drug-likeness (QED) is 0.430. The first-order chi connectivity index (χ1) is 15.0. The van der Waals surface area contributed by atoms with E-state index in [-0.39, 0.29) is 23.5 Å². The summed E-state index contributed by atoms with van der Waals surface area (Å²) in [6.07, 6.45) is 1.38. The maximum atomic E-state index is 14.8. The molecule has 2 saturated heterocycles. The molecular formula is C21H19ClFN3O4S. The summed E-state index contributed by atoms with van der Waals surface area (Å²) < 4.78 is 34.0. The van der Waals surface area contributed by atoms with Gasteiger partial charge in [-0.1, -0.05) is 6.07 Å². The summed E-state index contributed by atoms with van der Waals surface area (Å²) in [5.74, 6) is -0.325. The van der Waals surface area contributed by atoms with Crippen molar-refractivity contribution < 1.29 is 23.4 Å². The number of piperidine rings is 1. The zero-order valence-electron chi connectivity index (χ0n) is 16.6. The van der Waals surface area contributed by atoms with Gasteiger partial charge in [-0.05, 0) is 23.9 Å². The van der Waals surface area contributed by atoms with Crippen LogP contribution in [0, 0.1) is 17.7 Å². The Labute approximate surface area is 186 Å². The fourth-order valence-corrected chi connectivity index (χ4v) is 5.55. The number of hydrogen-bond donors (Lipinski definition) is 0. The van der Waals surface area contributed by atoms with Gasteiger partial charge in [0.25, 0.3) is 0 Å². The highest BCUT2D eigenvalue weighted by Gasteiger charge is 2.42. The van der Waals surface area contributed by atoms with E-state index >= 15 is 0 Å². The van der Waals surface area contributed by atoms with Gasteiger partial charge in [0, 0.05) is 41.4 Å². The second-order valence-electron chi connectivity index (χ2n) is 7.66. The molecule has 2 aromatic heterocycles. The molecule has 4 heterocycles. The number of nitrogens with zero attached hydrogens (tertiary/aromatic N) is 3. The number of aromatic nitrogens is 2. The van der Waals surface area contributed by atoms with E-state index in [4.69, 9.17) is 21.3 Å². The molecule has 0 spiro atoms. The van der Waals surface area contributed by atoms with E-state index in [9.17, 15) is 9.18 Å². The highest BCUT2D eigenvalue weighted by Crippen LogP contribution is 2.40. The van der Waals surface area contributed by atoms with Crippen molar-refractivity contribution in [3.05, 3.63) is 41.3 Å². The molecule has 31 heavy (non-hydrogen) atoms. The van der Waals surface area contributed by atoms with E-state index in [1.165, 1.54) is 36.9 Å². The molecule has 1 aromatic carbocycles. The van der Waals surface area contributed by atoms with Crippen LogP contribution in [-0.2, 0) is 9.47 Å². The van der Waals surface area contributed by atoms with E-state index in [0.717, 1.165) is 4.70 Å². The first-order valence-electron chi connectivity index (χ1n) is 9.80. The number of carbonyl (C=O) groups is 1. The largest absolute Gasteiger partial charge is 0.472 e. The molecule has 3 aromatic rings. The number of ether oxygens (including phenoxy) is 3. The van der Waals surface area contributed by atoms with Crippen molar-refractivity contribution in [2.45, 2.75) is 6.10 Å². The Balaban J connectivity index is 1.48. The standard InChI is InChI=1S/C21H19ClFN3O4S/c1-28-21(27)11-2-3-14(16(23)4-11)15-9-31-19-17(15)24-10-25-20(19)30-18-12-5-26(22)6-13(18)8-29-7-12/h2-4,9-10,12-13,18H,5-8H2,1H3. The Bertz CT molecular complexity index is 1130. The van der Waals surface area contributed by atoms with Crippen molar-refractivity contribution in [2.24, 2.45) is 11.8 Å². The van der Waals surface area contributed by atoms with Crippen LogP contribution in [0.3, 0.4) is 0 Å². The number of esters is 1. The Kier molecular flexibility index (Phi) is 5.51. The Morgan fingerprint density at radius 1 is 1.26 bits per heavy atom. The van der Waals surface area contributed by atoms with Crippen LogP contribution in [0.25, 0.3) is 21.3 Å². The molecule has 10 heteroatoms. The van der Waals surface area contributed by atoms with Crippen LogP contribution in [0.1, 0.15) is 10.4 Å². The molecular weight excluding hydrogens is 445 g/mol. The van der Waals surface area contributed by atoms with Crippen molar-refractivity contribution >= 4 is 39.3 Å². The maximum Gasteiger partial charge on any atom is 0.337 e. The number of carbonyl (C=O) groups excluding carboxylic acids is 1. The minimum absolute atomic E-state index is 0.0523. The fourth-order valence-electron chi connectivity index (χ4n) is 4.25. The zero-order valence-corrected chi connectivity index (χ0v) is 18.2. The number of methoxy groups -OCH3 is 1. The van der Waals surface area contributed by atoms with Gasteiger partial charge < -0.3 is 14.2 Å².